The molecule has 0 unspecified atom stereocenters. The van der Waals surface area contributed by atoms with E-state index in [1.54, 1.807) is 0 Å². The van der Waals surface area contributed by atoms with Crippen molar-refractivity contribution in [2.24, 2.45) is 0 Å². The van der Waals surface area contributed by atoms with Gasteiger partial charge in [-0.25, -0.2) is 0 Å². The minimum absolute atomic E-state index is 0.654. The van der Waals surface area contributed by atoms with Gasteiger partial charge >= 0.3 is 0 Å². The lowest BCUT2D eigenvalue weighted by Gasteiger charge is -2.15. The molecule has 2 aromatic carbocycles. The molecule has 0 aromatic heterocycles. The van der Waals surface area contributed by atoms with Crippen LogP contribution in [0.2, 0.25) is 0 Å². The Hall–Kier alpha value is -1.91. The van der Waals surface area contributed by atoms with E-state index in [-0.39, 0.29) is 0 Å². The fourth-order valence-electron chi connectivity index (χ4n) is 2.34. The van der Waals surface area contributed by atoms with Crippen molar-refractivity contribution < 1.29 is 4.90 Å². The van der Waals surface area contributed by atoms with Crippen molar-refractivity contribution in [1.82, 2.24) is 5.32 Å². The second kappa shape index (κ2) is 7.92. The number of hydrogen-bond donors (Lipinski definition) is 3. The number of benzene rings is 2. The first-order valence-corrected chi connectivity index (χ1v) is 7.93. The predicted molar refractivity (Wildman–Crippen MR) is 97.2 cm³/mol. The molecule has 0 aliphatic rings. The van der Waals surface area contributed by atoms with Crippen molar-refractivity contribution in [1.29, 1.82) is 0 Å². The van der Waals surface area contributed by atoms with Crippen molar-refractivity contribution in [3.05, 3.63) is 65.2 Å². The van der Waals surface area contributed by atoms with Crippen molar-refractivity contribution in [3.63, 3.8) is 0 Å². The number of quaternary nitrogens is 1. The van der Waals surface area contributed by atoms with Gasteiger partial charge in [-0.3, -0.25) is 0 Å². The van der Waals surface area contributed by atoms with E-state index < -0.39 is 0 Å². The Kier molecular flexibility index (Phi) is 5.92. The lowest BCUT2D eigenvalue weighted by molar-refractivity contribution is -0.872. The molecule has 116 valence electrons. The van der Waals surface area contributed by atoms with E-state index >= 15 is 0 Å². The molecule has 3 N–H and O–H groups in total. The van der Waals surface area contributed by atoms with E-state index in [1.165, 1.54) is 21.6 Å². The standard InChI is InChI=1S/C18H23N3S/c1-14-8-4-7-11-17(14)20-18(22)19-12-15-9-5-6-10-16(15)13-21(2)3/h4-11H,12-13H2,1-3H3,(H2,19,20,22)/p+1. The molecule has 0 aliphatic carbocycles. The van der Waals surface area contributed by atoms with E-state index in [2.05, 4.69) is 62.0 Å². The van der Waals surface area contributed by atoms with Crippen molar-refractivity contribution in [2.45, 2.75) is 20.0 Å². The Morgan fingerprint density at radius 1 is 1.00 bits per heavy atom. The molecule has 0 aliphatic heterocycles. The zero-order valence-corrected chi connectivity index (χ0v) is 14.3. The van der Waals surface area contributed by atoms with E-state index in [0.717, 1.165) is 18.8 Å². The lowest BCUT2D eigenvalue weighted by Crippen LogP contribution is -3.04. The average molecular weight is 314 g/mol. The van der Waals surface area contributed by atoms with Crippen LogP contribution in [-0.4, -0.2) is 19.2 Å². The molecule has 0 spiro atoms. The summed E-state index contributed by atoms with van der Waals surface area (Å²) in [6.07, 6.45) is 0. The maximum Gasteiger partial charge on any atom is 0.171 e. The zero-order chi connectivity index (χ0) is 15.9. The van der Waals surface area contributed by atoms with Gasteiger partial charge in [0, 0.05) is 17.8 Å². The second-order valence-electron chi connectivity index (χ2n) is 5.78. The molecular weight excluding hydrogens is 290 g/mol. The highest BCUT2D eigenvalue weighted by molar-refractivity contribution is 7.80. The number of anilines is 1. The highest BCUT2D eigenvalue weighted by atomic mass is 32.1. The van der Waals surface area contributed by atoms with Crippen LogP contribution >= 0.6 is 12.2 Å². The first-order valence-electron chi connectivity index (χ1n) is 7.52. The summed E-state index contributed by atoms with van der Waals surface area (Å²) in [5.41, 5.74) is 4.88. The Morgan fingerprint density at radius 2 is 1.64 bits per heavy atom. The van der Waals surface area contributed by atoms with Crippen LogP contribution in [0.3, 0.4) is 0 Å². The minimum Gasteiger partial charge on any atom is -0.358 e. The van der Waals surface area contributed by atoms with Gasteiger partial charge in [0.25, 0.3) is 0 Å². The lowest BCUT2D eigenvalue weighted by atomic mass is 10.1. The largest absolute Gasteiger partial charge is 0.358 e. The quantitative estimate of drug-likeness (QED) is 0.739. The number of rotatable bonds is 5. The van der Waals surface area contributed by atoms with Crippen molar-refractivity contribution >= 4 is 23.0 Å². The Bertz CT molecular complexity index is 638. The van der Waals surface area contributed by atoms with Crippen molar-refractivity contribution in [2.75, 3.05) is 19.4 Å². The van der Waals surface area contributed by atoms with Crippen LogP contribution in [0.15, 0.2) is 48.5 Å². The molecule has 0 atom stereocenters. The first kappa shape index (κ1) is 16.5. The third kappa shape index (κ3) is 4.83. The Labute approximate surface area is 138 Å². The van der Waals surface area contributed by atoms with Crippen LogP contribution in [-0.2, 0) is 13.1 Å². The van der Waals surface area contributed by atoms with Crippen LogP contribution in [0.1, 0.15) is 16.7 Å². The van der Waals surface area contributed by atoms with E-state index in [9.17, 15) is 0 Å². The summed E-state index contributed by atoms with van der Waals surface area (Å²) in [6.45, 7) is 3.82. The molecule has 0 bridgehead atoms. The molecule has 0 saturated carbocycles. The molecule has 2 rings (SSSR count). The smallest absolute Gasteiger partial charge is 0.171 e. The normalized spacial score (nSPS) is 10.5. The fraction of sp³-hybridized carbons (Fsp3) is 0.278. The molecule has 22 heavy (non-hydrogen) atoms. The monoisotopic (exact) mass is 314 g/mol. The molecule has 4 heteroatoms. The maximum absolute atomic E-state index is 5.40. The summed E-state index contributed by atoms with van der Waals surface area (Å²) < 4.78 is 0. The van der Waals surface area contributed by atoms with Gasteiger partial charge in [0.15, 0.2) is 5.11 Å². The third-order valence-electron chi connectivity index (χ3n) is 3.50. The Morgan fingerprint density at radius 3 is 2.32 bits per heavy atom. The molecule has 0 heterocycles. The minimum atomic E-state index is 0.654. The van der Waals surface area contributed by atoms with Crippen LogP contribution in [0.5, 0.6) is 0 Å². The SMILES string of the molecule is Cc1ccccc1NC(=S)NCc1ccccc1C[NH+](C)C. The first-order chi connectivity index (χ1) is 10.6. The van der Waals surface area contributed by atoms with Crippen LogP contribution in [0, 0.1) is 6.92 Å². The fourth-order valence-corrected chi connectivity index (χ4v) is 2.52. The molecule has 3 nitrogen and oxygen atoms in total. The molecule has 0 radical (unpaired) electrons. The summed E-state index contributed by atoms with van der Waals surface area (Å²) in [5, 5.41) is 7.21. The number of hydrogen-bond acceptors (Lipinski definition) is 1. The summed E-state index contributed by atoms with van der Waals surface area (Å²) in [7, 11) is 4.32. The van der Waals surface area contributed by atoms with Gasteiger partial charge in [0.2, 0.25) is 0 Å². The van der Waals surface area contributed by atoms with Crippen LogP contribution in [0.4, 0.5) is 5.69 Å². The van der Waals surface area contributed by atoms with Gasteiger partial charge in [-0.05, 0) is 36.3 Å². The molecule has 0 fully saturated rings. The number of nitrogens with one attached hydrogen (secondary N) is 3. The predicted octanol–water partition coefficient (Wildman–Crippen LogP) is 2.13. The zero-order valence-electron chi connectivity index (χ0n) is 13.4. The molecular formula is C18H24N3S+. The molecule has 0 amide bonds. The third-order valence-corrected chi connectivity index (χ3v) is 3.74. The maximum atomic E-state index is 5.40. The van der Waals surface area contributed by atoms with E-state index in [0.29, 0.717) is 5.11 Å². The Balaban J connectivity index is 1.95. The summed E-state index contributed by atoms with van der Waals surface area (Å²) in [6, 6.07) is 16.6. The summed E-state index contributed by atoms with van der Waals surface area (Å²) in [4.78, 5) is 1.41. The van der Waals surface area contributed by atoms with Gasteiger partial charge in [0.05, 0.1) is 14.1 Å². The van der Waals surface area contributed by atoms with Gasteiger partial charge < -0.3 is 15.5 Å². The van der Waals surface area contributed by atoms with Crippen LogP contribution < -0.4 is 15.5 Å². The number of aryl methyl sites for hydroxylation is 1. The van der Waals surface area contributed by atoms with Gasteiger partial charge in [0.1, 0.15) is 6.54 Å². The summed E-state index contributed by atoms with van der Waals surface area (Å²) >= 11 is 5.40. The molecule has 2 aromatic rings. The van der Waals surface area contributed by atoms with Gasteiger partial charge in [-0.2, -0.15) is 0 Å². The molecule has 0 saturated heterocycles. The highest BCUT2D eigenvalue weighted by Crippen LogP contribution is 2.13. The van der Waals surface area contributed by atoms with Gasteiger partial charge in [-0.15, -0.1) is 0 Å². The number of para-hydroxylation sites is 1. The van der Waals surface area contributed by atoms with E-state index in [1.807, 2.05) is 18.2 Å². The van der Waals surface area contributed by atoms with Crippen molar-refractivity contribution in [3.8, 4) is 0 Å². The van der Waals surface area contributed by atoms with Crippen LogP contribution in [0.25, 0.3) is 0 Å². The van der Waals surface area contributed by atoms with Gasteiger partial charge in [-0.1, -0.05) is 42.5 Å². The van der Waals surface area contributed by atoms with E-state index in [4.69, 9.17) is 12.2 Å². The second-order valence-corrected chi connectivity index (χ2v) is 6.18. The highest BCUT2D eigenvalue weighted by Gasteiger charge is 2.06. The average Bonchev–Trinajstić information content (AvgIpc) is 2.48. The number of thiocarbonyl (C=S) groups is 1. The topological polar surface area (TPSA) is 28.5 Å². The summed E-state index contributed by atoms with van der Waals surface area (Å²) in [5.74, 6) is 0.